The summed E-state index contributed by atoms with van der Waals surface area (Å²) in [7, 11) is -8.10. The van der Waals surface area contributed by atoms with E-state index in [1.54, 1.807) is 21.7 Å². The summed E-state index contributed by atoms with van der Waals surface area (Å²) in [5.74, 6) is -0.931. The fraction of sp³-hybridized carbons (Fsp3) is 1.00. The maximum absolute atomic E-state index is 9.60. The van der Waals surface area contributed by atoms with E-state index in [-0.39, 0.29) is 34.2 Å². The molecule has 0 aromatic carbocycles. The van der Waals surface area contributed by atoms with Gasteiger partial charge in [-0.1, -0.05) is 0 Å². The number of hydrogen-bond acceptors (Lipinski definition) is 8. The van der Waals surface area contributed by atoms with E-state index in [0.717, 1.165) is 0 Å². The van der Waals surface area contributed by atoms with E-state index >= 15 is 0 Å². The molecule has 11 heteroatoms. The number of nitrogens with two attached hydrogens (primary N) is 2. The minimum absolute atomic E-state index is 0.0736. The minimum atomic E-state index is -4.05. The Morgan fingerprint density at radius 2 is 0.871 bits per heavy atom. The van der Waals surface area contributed by atoms with Crippen molar-refractivity contribution >= 4 is 41.4 Å². The van der Waals surface area contributed by atoms with Gasteiger partial charge in [0.05, 0.1) is 31.7 Å². The monoisotopic (exact) mass is 594 g/mol. The van der Waals surface area contributed by atoms with Gasteiger partial charge in [0.25, 0.3) is 0 Å². The zero-order valence-corrected chi connectivity index (χ0v) is 24.1. The van der Waals surface area contributed by atoms with Gasteiger partial charge in [-0.25, -0.2) is 16.8 Å². The molecule has 0 rings (SSSR count). The molecule has 0 aliphatic carbocycles. The van der Waals surface area contributed by atoms with Crippen molar-refractivity contribution in [2.45, 2.75) is 99.8 Å². The van der Waals surface area contributed by atoms with Gasteiger partial charge in [0, 0.05) is 13.1 Å². The molecular formula is C20H46N2O6S2Sn. The van der Waals surface area contributed by atoms with Gasteiger partial charge in [0.15, 0.2) is 0 Å². The topological polar surface area (TPSA) is 166 Å². The largest absolute Gasteiger partial charge is 0.748 e. The van der Waals surface area contributed by atoms with E-state index in [4.69, 9.17) is 11.5 Å². The van der Waals surface area contributed by atoms with Crippen LogP contribution in [0.25, 0.3) is 0 Å². The molecule has 188 valence electrons. The molecule has 0 aromatic heterocycles. The average molecular weight is 593 g/mol. The van der Waals surface area contributed by atoms with Crippen molar-refractivity contribution in [3.63, 3.8) is 0 Å². The number of hydrogen-bond donors (Lipinski definition) is 2. The van der Waals surface area contributed by atoms with E-state index in [0.29, 0.717) is 0 Å². The maximum atomic E-state index is 9.60. The van der Waals surface area contributed by atoms with Crippen LogP contribution in [0.2, 0.25) is 8.87 Å². The molecule has 8 nitrogen and oxygen atoms in total. The Morgan fingerprint density at radius 3 is 1.10 bits per heavy atom. The Morgan fingerprint density at radius 1 is 0.581 bits per heavy atom. The van der Waals surface area contributed by atoms with Crippen molar-refractivity contribution < 1.29 is 25.9 Å². The first-order valence-electron chi connectivity index (χ1n) is 11.5. The molecule has 31 heavy (non-hydrogen) atoms. The van der Waals surface area contributed by atoms with E-state index in [9.17, 15) is 25.9 Å². The summed E-state index contributed by atoms with van der Waals surface area (Å²) in [4.78, 5) is 0. The summed E-state index contributed by atoms with van der Waals surface area (Å²) in [5, 5.41) is 0. The van der Waals surface area contributed by atoms with Crippen LogP contribution in [-0.4, -0.2) is 71.7 Å². The number of rotatable bonds is 18. The first kappa shape index (κ1) is 36.1. The van der Waals surface area contributed by atoms with Crippen LogP contribution < -0.4 is 11.5 Å². The zero-order valence-electron chi connectivity index (χ0n) is 19.6. The standard InChI is InChI=1S/2C8H17.2C2H7NO3S.Sn/c2*1-3-5-7-8-6-4-2;2*3-1-2-7(4,5)6;/h2*1,3-8H2,2H3;2*1-3H2,(H,4,5,6);/q;;;;+2/p-2. The molecule has 0 spiro atoms. The predicted octanol–water partition coefficient (Wildman–Crippen LogP) is 3.23. The first-order chi connectivity index (χ1) is 14.5. The maximum Gasteiger partial charge on any atom is 0.0958 e. The fourth-order valence-electron chi connectivity index (χ4n) is 2.47. The molecule has 4 N–H and O–H groups in total. The van der Waals surface area contributed by atoms with Crippen molar-refractivity contribution in [2.75, 3.05) is 24.6 Å². The molecule has 0 heterocycles. The minimum Gasteiger partial charge on any atom is -0.748 e. The molecule has 0 aliphatic heterocycles. The van der Waals surface area contributed by atoms with E-state index in [2.05, 4.69) is 13.8 Å². The number of unbranched alkanes of at least 4 members (excludes halogenated alkanes) is 10. The third-order valence-corrected chi connectivity index (χ3v) is 9.66. The van der Waals surface area contributed by atoms with Crippen LogP contribution in [0.3, 0.4) is 0 Å². The van der Waals surface area contributed by atoms with Crippen molar-refractivity contribution in [3.8, 4) is 0 Å². The second-order valence-electron chi connectivity index (χ2n) is 7.39. The van der Waals surface area contributed by atoms with Crippen LogP contribution in [0, 0.1) is 0 Å². The normalized spacial score (nSPS) is 11.0. The smallest absolute Gasteiger partial charge is 0.0958 e. The van der Waals surface area contributed by atoms with Crippen LogP contribution in [0.4, 0.5) is 0 Å². The molecule has 0 amide bonds. The Kier molecular flexibility index (Phi) is 31.2. The van der Waals surface area contributed by atoms with E-state index in [1.165, 1.54) is 64.2 Å². The molecule has 0 radical (unpaired) electrons. The molecule has 0 fully saturated rings. The van der Waals surface area contributed by atoms with E-state index in [1.807, 2.05) is 0 Å². The summed E-state index contributed by atoms with van der Waals surface area (Å²) in [6.07, 6.45) is 17.8. The van der Waals surface area contributed by atoms with Crippen LogP contribution in [0.5, 0.6) is 0 Å². The van der Waals surface area contributed by atoms with Gasteiger partial charge >= 0.3 is 121 Å². The Balaban J connectivity index is -0.000000460. The van der Waals surface area contributed by atoms with E-state index < -0.39 is 31.7 Å². The van der Waals surface area contributed by atoms with Gasteiger partial charge in [0.2, 0.25) is 0 Å². The van der Waals surface area contributed by atoms with Crippen LogP contribution in [0.15, 0.2) is 0 Å². The van der Waals surface area contributed by atoms with Gasteiger partial charge < -0.3 is 20.6 Å². The molecule has 0 atom stereocenters. The second-order valence-corrected chi connectivity index (χ2v) is 14.7. The summed E-state index contributed by atoms with van der Waals surface area (Å²) in [6, 6.07) is 0. The summed E-state index contributed by atoms with van der Waals surface area (Å²) >= 11 is 0.0736. The summed E-state index contributed by atoms with van der Waals surface area (Å²) in [6.45, 7) is 4.42. The Bertz CT molecular complexity index is 498. The Hall–Kier alpha value is 0.539. The van der Waals surface area contributed by atoms with Gasteiger partial charge in [-0.3, -0.25) is 0 Å². The SMILES string of the molecule is CCCCCCC[CH2][Sn+2][CH2]CCCCCCC.NCCS(=O)(=O)[O-].NCCS(=O)(=O)[O-]. The molecular weight excluding hydrogens is 547 g/mol. The molecule has 0 saturated carbocycles. The molecule has 0 saturated heterocycles. The average Bonchev–Trinajstić information content (AvgIpc) is 2.65. The summed E-state index contributed by atoms with van der Waals surface area (Å²) in [5.41, 5.74) is 9.47. The van der Waals surface area contributed by atoms with Crippen molar-refractivity contribution in [2.24, 2.45) is 11.5 Å². The van der Waals surface area contributed by atoms with Crippen LogP contribution in [0.1, 0.15) is 90.9 Å². The van der Waals surface area contributed by atoms with Crippen molar-refractivity contribution in [1.29, 1.82) is 0 Å². The van der Waals surface area contributed by atoms with Gasteiger partial charge in [-0.15, -0.1) is 0 Å². The quantitative estimate of drug-likeness (QED) is 0.139. The molecule has 0 aliphatic rings. The molecule has 0 aromatic rings. The van der Waals surface area contributed by atoms with Gasteiger partial charge in [-0.05, 0) is 0 Å². The van der Waals surface area contributed by atoms with Crippen LogP contribution in [-0.2, 0) is 20.2 Å². The van der Waals surface area contributed by atoms with Gasteiger partial charge in [0.1, 0.15) is 0 Å². The zero-order chi connectivity index (χ0) is 24.4. The third kappa shape index (κ3) is 49.0. The van der Waals surface area contributed by atoms with Gasteiger partial charge in [-0.2, -0.15) is 0 Å². The summed E-state index contributed by atoms with van der Waals surface area (Å²) < 4.78 is 60.9. The predicted molar refractivity (Wildman–Crippen MR) is 129 cm³/mol. The molecule has 0 bridgehead atoms. The first-order valence-corrected chi connectivity index (χ1v) is 18.7. The second kappa shape index (κ2) is 26.8. The third-order valence-electron chi connectivity index (χ3n) is 4.15. The van der Waals surface area contributed by atoms with Crippen molar-refractivity contribution in [1.82, 2.24) is 0 Å². The molecule has 0 unspecified atom stereocenters. The van der Waals surface area contributed by atoms with Crippen molar-refractivity contribution in [3.05, 3.63) is 0 Å². The van der Waals surface area contributed by atoms with Crippen LogP contribution >= 0.6 is 0 Å². The Labute approximate surface area is 202 Å². The fourth-order valence-corrected chi connectivity index (χ4v) is 6.62.